The van der Waals surface area contributed by atoms with E-state index in [0.717, 1.165) is 22.4 Å². The highest BCUT2D eigenvalue weighted by atomic mass is 16.7. The van der Waals surface area contributed by atoms with Crippen molar-refractivity contribution in [3.63, 3.8) is 0 Å². The Kier molecular flexibility index (Phi) is 2.96. The van der Waals surface area contributed by atoms with Crippen molar-refractivity contribution in [2.75, 3.05) is 19.2 Å². The molecule has 2 N–H and O–H groups in total. The van der Waals surface area contributed by atoms with Crippen LogP contribution < -0.4 is 19.5 Å². The summed E-state index contributed by atoms with van der Waals surface area (Å²) in [5.74, 6) is 2.04. The zero-order chi connectivity index (χ0) is 14.9. The van der Waals surface area contributed by atoms with Crippen LogP contribution in [0.1, 0.15) is 5.56 Å². The van der Waals surface area contributed by atoms with Crippen molar-refractivity contribution in [2.24, 2.45) is 0 Å². The van der Waals surface area contributed by atoms with E-state index in [9.17, 15) is 0 Å². The van der Waals surface area contributed by atoms with E-state index in [2.05, 4.69) is 20.3 Å². The highest BCUT2D eigenvalue weighted by molar-refractivity contribution is 5.74. The molecule has 0 bridgehead atoms. The molecule has 0 saturated carbocycles. The minimum Gasteiger partial charge on any atom is -0.493 e. The molecular weight excluding hydrogens is 284 g/mol. The number of imidazole rings is 1. The minimum absolute atomic E-state index is 0.225. The van der Waals surface area contributed by atoms with E-state index in [-0.39, 0.29) is 6.79 Å². The molecule has 7 heteroatoms. The molecule has 1 aliphatic rings. The quantitative estimate of drug-likeness (QED) is 0.769. The lowest BCUT2D eigenvalue weighted by atomic mass is 10.2. The first-order chi connectivity index (χ1) is 10.8. The van der Waals surface area contributed by atoms with Crippen molar-refractivity contribution in [3.05, 3.63) is 36.3 Å². The zero-order valence-electron chi connectivity index (χ0n) is 11.9. The highest BCUT2D eigenvalue weighted by Crippen LogP contribution is 2.41. The van der Waals surface area contributed by atoms with Gasteiger partial charge in [0.25, 0.3) is 0 Å². The maximum absolute atomic E-state index is 5.42. The third kappa shape index (κ3) is 2.16. The van der Waals surface area contributed by atoms with Gasteiger partial charge in [0, 0.05) is 6.54 Å². The molecule has 7 nitrogen and oxygen atoms in total. The summed E-state index contributed by atoms with van der Waals surface area (Å²) < 4.78 is 16.2. The topological polar surface area (TPSA) is 81.3 Å². The van der Waals surface area contributed by atoms with E-state index in [1.165, 1.54) is 0 Å². The van der Waals surface area contributed by atoms with Crippen molar-refractivity contribution in [3.8, 4) is 17.2 Å². The first-order valence-electron chi connectivity index (χ1n) is 6.83. The molecule has 1 aromatic carbocycles. The molecule has 3 heterocycles. The average molecular weight is 298 g/mol. The average Bonchev–Trinajstić information content (AvgIpc) is 3.20. The molecule has 22 heavy (non-hydrogen) atoms. The smallest absolute Gasteiger partial charge is 0.231 e. The van der Waals surface area contributed by atoms with Crippen molar-refractivity contribution >= 4 is 16.9 Å². The van der Waals surface area contributed by atoms with Gasteiger partial charge in [-0.3, -0.25) is 0 Å². The molecular formula is C15H14N4O3. The predicted octanol–water partition coefficient (Wildman–Crippen LogP) is 2.31. The van der Waals surface area contributed by atoms with Gasteiger partial charge >= 0.3 is 0 Å². The molecule has 0 spiro atoms. The van der Waals surface area contributed by atoms with Crippen molar-refractivity contribution in [2.45, 2.75) is 6.54 Å². The van der Waals surface area contributed by atoms with Gasteiger partial charge in [0.15, 0.2) is 17.1 Å². The second-order valence-corrected chi connectivity index (χ2v) is 4.88. The van der Waals surface area contributed by atoms with Crippen LogP contribution in [-0.4, -0.2) is 28.9 Å². The first-order valence-corrected chi connectivity index (χ1v) is 6.83. The van der Waals surface area contributed by atoms with Crippen LogP contribution in [0.4, 0.5) is 5.69 Å². The third-order valence-electron chi connectivity index (χ3n) is 3.49. The van der Waals surface area contributed by atoms with Gasteiger partial charge in [-0.2, -0.15) is 0 Å². The molecule has 0 fully saturated rings. The lowest BCUT2D eigenvalue weighted by molar-refractivity contribution is 0.171. The van der Waals surface area contributed by atoms with Gasteiger partial charge < -0.3 is 24.5 Å². The fraction of sp³-hybridized carbons (Fsp3) is 0.200. The number of nitrogens with one attached hydrogen (secondary N) is 2. The molecule has 1 aliphatic heterocycles. The number of methoxy groups -OCH3 is 1. The molecule has 0 radical (unpaired) electrons. The van der Waals surface area contributed by atoms with Crippen LogP contribution in [0.25, 0.3) is 11.2 Å². The van der Waals surface area contributed by atoms with Gasteiger partial charge in [-0.15, -0.1) is 0 Å². The summed E-state index contributed by atoms with van der Waals surface area (Å²) in [7, 11) is 1.62. The number of fused-ring (bicyclic) bond motifs is 2. The number of H-pyrrole nitrogens is 1. The molecule has 0 saturated heterocycles. The van der Waals surface area contributed by atoms with Crippen molar-refractivity contribution in [1.82, 2.24) is 15.0 Å². The van der Waals surface area contributed by atoms with E-state index in [0.29, 0.717) is 23.8 Å². The largest absolute Gasteiger partial charge is 0.493 e. The van der Waals surface area contributed by atoms with E-state index >= 15 is 0 Å². The molecule has 0 unspecified atom stereocenters. The summed E-state index contributed by atoms with van der Waals surface area (Å²) in [5, 5.41) is 3.32. The first kappa shape index (κ1) is 12.8. The summed E-state index contributed by atoms with van der Waals surface area (Å²) >= 11 is 0. The van der Waals surface area contributed by atoms with Gasteiger partial charge in [0.1, 0.15) is 5.52 Å². The van der Waals surface area contributed by atoms with Crippen molar-refractivity contribution in [1.29, 1.82) is 0 Å². The number of hydrogen-bond acceptors (Lipinski definition) is 6. The summed E-state index contributed by atoms with van der Waals surface area (Å²) in [5.41, 5.74) is 3.53. The van der Waals surface area contributed by atoms with Crippen LogP contribution in [0, 0.1) is 0 Å². The Morgan fingerprint density at radius 3 is 3.14 bits per heavy atom. The lowest BCUT2D eigenvalue weighted by Gasteiger charge is -2.10. The number of nitrogens with zero attached hydrogens (tertiary/aromatic N) is 2. The van der Waals surface area contributed by atoms with Crippen LogP contribution in [-0.2, 0) is 6.54 Å². The van der Waals surface area contributed by atoms with Gasteiger partial charge in [0.05, 0.1) is 25.3 Å². The Morgan fingerprint density at radius 1 is 1.27 bits per heavy atom. The fourth-order valence-electron chi connectivity index (χ4n) is 2.41. The normalized spacial score (nSPS) is 12.6. The number of benzene rings is 1. The monoisotopic (exact) mass is 298 g/mol. The van der Waals surface area contributed by atoms with E-state index in [1.807, 2.05) is 18.2 Å². The van der Waals surface area contributed by atoms with E-state index in [1.54, 1.807) is 19.6 Å². The summed E-state index contributed by atoms with van der Waals surface area (Å²) in [6, 6.07) is 5.82. The van der Waals surface area contributed by atoms with Gasteiger partial charge in [-0.05, 0) is 23.8 Å². The zero-order valence-corrected chi connectivity index (χ0v) is 11.9. The Hall–Kier alpha value is -2.96. The number of rotatable bonds is 4. The van der Waals surface area contributed by atoms with E-state index < -0.39 is 0 Å². The number of anilines is 1. The highest BCUT2D eigenvalue weighted by Gasteiger charge is 2.19. The van der Waals surface area contributed by atoms with Gasteiger partial charge in [-0.25, -0.2) is 9.97 Å². The minimum atomic E-state index is 0.225. The van der Waals surface area contributed by atoms with Crippen molar-refractivity contribution < 1.29 is 14.2 Å². The van der Waals surface area contributed by atoms with Crippen LogP contribution in [0.3, 0.4) is 0 Å². The second kappa shape index (κ2) is 5.10. The van der Waals surface area contributed by atoms with Crippen LogP contribution in [0.2, 0.25) is 0 Å². The Labute approximate surface area is 126 Å². The maximum atomic E-state index is 5.42. The molecule has 112 valence electrons. The third-order valence-corrected chi connectivity index (χ3v) is 3.49. The molecule has 0 amide bonds. The summed E-state index contributed by atoms with van der Waals surface area (Å²) in [4.78, 5) is 11.5. The Balaban J connectivity index is 1.56. The van der Waals surface area contributed by atoms with E-state index in [4.69, 9.17) is 14.2 Å². The van der Waals surface area contributed by atoms with Crippen LogP contribution >= 0.6 is 0 Å². The number of hydrogen-bond donors (Lipinski definition) is 2. The standard InChI is InChI=1S/C15H14N4O3/c1-20-12-2-9(3-13-14(12)22-8-21-13)5-16-10-4-11-15(17-6-10)19-7-18-11/h2-4,6-7,16H,5,8H2,1H3,(H,17,18,19). The second-order valence-electron chi connectivity index (χ2n) is 4.88. The van der Waals surface area contributed by atoms with Crippen LogP contribution in [0.15, 0.2) is 30.7 Å². The SMILES string of the molecule is COc1cc(CNc2cnc3[nH]cnc3c2)cc2c1OCO2. The number of aromatic amines is 1. The summed E-state index contributed by atoms with van der Waals surface area (Å²) in [6.45, 7) is 0.840. The lowest BCUT2D eigenvalue weighted by Crippen LogP contribution is -2.00. The van der Waals surface area contributed by atoms with Gasteiger partial charge in [0.2, 0.25) is 12.5 Å². The predicted molar refractivity (Wildman–Crippen MR) is 80.3 cm³/mol. The molecule has 2 aromatic heterocycles. The number of pyridine rings is 1. The van der Waals surface area contributed by atoms with Crippen LogP contribution in [0.5, 0.6) is 17.2 Å². The molecule has 3 aromatic rings. The summed E-state index contributed by atoms with van der Waals surface area (Å²) in [6.07, 6.45) is 3.40. The number of ether oxygens (including phenoxy) is 3. The Morgan fingerprint density at radius 2 is 2.23 bits per heavy atom. The Bertz CT molecular complexity index is 831. The van der Waals surface area contributed by atoms with Gasteiger partial charge in [-0.1, -0.05) is 0 Å². The number of aromatic nitrogens is 3. The molecule has 0 atom stereocenters. The maximum Gasteiger partial charge on any atom is 0.231 e. The fourth-order valence-corrected chi connectivity index (χ4v) is 2.41. The molecule has 4 rings (SSSR count). The molecule has 0 aliphatic carbocycles.